The molecule has 2 amide bonds. The van der Waals surface area contributed by atoms with E-state index in [1.165, 1.54) is 0 Å². The van der Waals surface area contributed by atoms with Crippen LogP contribution in [0.2, 0.25) is 0 Å². The molecule has 0 aliphatic carbocycles. The Kier molecular flexibility index (Phi) is 10.4. The molecule has 1 aliphatic rings. The molecule has 152 valence electrons. The number of rotatable bonds is 12. The monoisotopic (exact) mass is 380 g/mol. The van der Waals surface area contributed by atoms with Crippen LogP contribution < -0.4 is 5.32 Å². The molecule has 0 radical (unpaired) electrons. The second kappa shape index (κ2) is 12.3. The molecule has 2 N–H and O–H groups in total. The molecule has 0 aromatic rings. The smallest absolute Gasteiger partial charge is 0.306 e. The highest BCUT2D eigenvalue weighted by Crippen LogP contribution is 2.23. The SMILES string of the molecule is C=CCCC(=O)OC[C@@H]1CCCN1C(=O)[C@H](CC=C)CC(=O)N[C@H](C)CO. The number of amides is 2. The summed E-state index contributed by atoms with van der Waals surface area (Å²) in [6, 6.07) is -0.511. The van der Waals surface area contributed by atoms with E-state index in [9.17, 15) is 14.4 Å². The highest BCUT2D eigenvalue weighted by atomic mass is 16.5. The van der Waals surface area contributed by atoms with Gasteiger partial charge in [-0.3, -0.25) is 14.4 Å². The average molecular weight is 380 g/mol. The Morgan fingerprint density at radius 2 is 2.07 bits per heavy atom. The Hall–Kier alpha value is -2.15. The maximum absolute atomic E-state index is 12.9. The van der Waals surface area contributed by atoms with Crippen LogP contribution in [0.5, 0.6) is 0 Å². The molecule has 1 rings (SSSR count). The van der Waals surface area contributed by atoms with Crippen LogP contribution in [0.15, 0.2) is 25.3 Å². The van der Waals surface area contributed by atoms with Gasteiger partial charge in [0.1, 0.15) is 6.61 Å². The first-order chi connectivity index (χ1) is 12.9. The number of nitrogens with one attached hydrogen (secondary N) is 1. The van der Waals surface area contributed by atoms with Crippen molar-refractivity contribution in [2.45, 2.75) is 57.5 Å². The summed E-state index contributed by atoms with van der Waals surface area (Å²) in [7, 11) is 0. The number of carbonyl (C=O) groups is 3. The van der Waals surface area contributed by atoms with Gasteiger partial charge < -0.3 is 20.1 Å². The topological polar surface area (TPSA) is 95.9 Å². The van der Waals surface area contributed by atoms with Crippen molar-refractivity contribution >= 4 is 17.8 Å². The molecule has 1 saturated heterocycles. The number of ether oxygens (including phenoxy) is 1. The van der Waals surface area contributed by atoms with Gasteiger partial charge in [0.2, 0.25) is 11.8 Å². The average Bonchev–Trinajstić information content (AvgIpc) is 3.12. The Balaban J connectivity index is 2.64. The summed E-state index contributed by atoms with van der Waals surface area (Å²) in [6.45, 7) is 9.56. The number of aliphatic hydroxyl groups excluding tert-OH is 1. The van der Waals surface area contributed by atoms with Crippen LogP contribution in [0.1, 0.15) is 45.4 Å². The van der Waals surface area contributed by atoms with Gasteiger partial charge in [0, 0.05) is 25.4 Å². The van der Waals surface area contributed by atoms with Crippen LogP contribution in [0.4, 0.5) is 0 Å². The van der Waals surface area contributed by atoms with E-state index in [0.717, 1.165) is 12.8 Å². The number of aliphatic hydroxyl groups is 1. The molecule has 3 atom stereocenters. The first-order valence-electron chi connectivity index (χ1n) is 9.51. The predicted octanol–water partition coefficient (Wildman–Crippen LogP) is 1.57. The third-order valence-corrected chi connectivity index (χ3v) is 4.56. The Morgan fingerprint density at radius 1 is 1.33 bits per heavy atom. The van der Waals surface area contributed by atoms with Gasteiger partial charge >= 0.3 is 5.97 Å². The predicted molar refractivity (Wildman–Crippen MR) is 103 cm³/mol. The van der Waals surface area contributed by atoms with Crippen LogP contribution in [-0.2, 0) is 19.1 Å². The number of likely N-dealkylation sites (tertiary alicyclic amines) is 1. The standard InChI is InChI=1S/C20H32N2O5/c1-4-6-10-19(25)27-14-17-9-7-11-22(17)20(26)16(8-5-2)12-18(24)21-15(3)13-23/h4-5,15-17,23H,1-2,6-14H2,3H3,(H,21,24)/t15-,16-,17+/m1/s1. The van der Waals surface area contributed by atoms with Crippen molar-refractivity contribution in [1.29, 1.82) is 0 Å². The van der Waals surface area contributed by atoms with Crippen LogP contribution in [0.25, 0.3) is 0 Å². The molecule has 27 heavy (non-hydrogen) atoms. The highest BCUT2D eigenvalue weighted by Gasteiger charge is 2.34. The minimum Gasteiger partial charge on any atom is -0.463 e. The fraction of sp³-hybridized carbons (Fsp3) is 0.650. The lowest BCUT2D eigenvalue weighted by Gasteiger charge is -2.28. The first kappa shape index (κ1) is 22.9. The van der Waals surface area contributed by atoms with Gasteiger partial charge in [-0.1, -0.05) is 12.2 Å². The van der Waals surface area contributed by atoms with Crippen molar-refractivity contribution in [3.63, 3.8) is 0 Å². The van der Waals surface area contributed by atoms with Gasteiger partial charge in [-0.15, -0.1) is 13.2 Å². The number of nitrogens with zero attached hydrogens (tertiary/aromatic N) is 1. The zero-order chi connectivity index (χ0) is 20.2. The quantitative estimate of drug-likeness (QED) is 0.396. The fourth-order valence-corrected chi connectivity index (χ4v) is 3.09. The number of hydrogen-bond donors (Lipinski definition) is 2. The van der Waals surface area contributed by atoms with E-state index < -0.39 is 5.92 Å². The third kappa shape index (κ3) is 7.95. The molecule has 1 fully saturated rings. The Bertz CT molecular complexity index is 534. The molecule has 1 aliphatic heterocycles. The Morgan fingerprint density at radius 3 is 2.70 bits per heavy atom. The van der Waals surface area contributed by atoms with Crippen LogP contribution in [0.3, 0.4) is 0 Å². The van der Waals surface area contributed by atoms with Crippen molar-refractivity contribution in [3.05, 3.63) is 25.3 Å². The second-order valence-corrected chi connectivity index (χ2v) is 6.91. The van der Waals surface area contributed by atoms with E-state index >= 15 is 0 Å². The van der Waals surface area contributed by atoms with Gasteiger partial charge in [0.15, 0.2) is 0 Å². The Labute approximate surface area is 161 Å². The summed E-state index contributed by atoms with van der Waals surface area (Å²) in [5.74, 6) is -1.20. The van der Waals surface area contributed by atoms with Crippen LogP contribution in [-0.4, -0.2) is 59.6 Å². The summed E-state index contributed by atoms with van der Waals surface area (Å²) in [6.07, 6.45) is 6.19. The first-order valence-corrected chi connectivity index (χ1v) is 9.51. The zero-order valence-corrected chi connectivity index (χ0v) is 16.2. The van der Waals surface area contributed by atoms with Crippen molar-refractivity contribution < 1.29 is 24.2 Å². The van der Waals surface area contributed by atoms with Gasteiger partial charge in [-0.2, -0.15) is 0 Å². The minimum atomic E-state index is -0.509. The maximum atomic E-state index is 12.9. The molecule has 7 heteroatoms. The lowest BCUT2D eigenvalue weighted by Crippen LogP contribution is -2.44. The summed E-state index contributed by atoms with van der Waals surface area (Å²) in [5, 5.41) is 11.7. The van der Waals surface area contributed by atoms with Gasteiger partial charge in [-0.05, 0) is 32.6 Å². The molecule has 0 saturated carbocycles. The van der Waals surface area contributed by atoms with Crippen LogP contribution >= 0.6 is 0 Å². The lowest BCUT2D eigenvalue weighted by molar-refractivity contribution is -0.148. The van der Waals surface area contributed by atoms with Gasteiger partial charge in [0.25, 0.3) is 0 Å². The van der Waals surface area contributed by atoms with E-state index in [1.807, 2.05) is 0 Å². The molecule has 7 nitrogen and oxygen atoms in total. The molecular weight excluding hydrogens is 348 g/mol. The maximum Gasteiger partial charge on any atom is 0.306 e. The second-order valence-electron chi connectivity index (χ2n) is 6.91. The van der Waals surface area contributed by atoms with Crippen molar-refractivity contribution in [3.8, 4) is 0 Å². The molecular formula is C20H32N2O5. The normalized spacial score (nSPS) is 18.4. The zero-order valence-electron chi connectivity index (χ0n) is 16.2. The van der Waals surface area contributed by atoms with Crippen LogP contribution in [0, 0.1) is 5.92 Å². The van der Waals surface area contributed by atoms with E-state index in [4.69, 9.17) is 9.84 Å². The van der Waals surface area contributed by atoms with Crippen molar-refractivity contribution in [2.75, 3.05) is 19.8 Å². The van der Waals surface area contributed by atoms with Gasteiger partial charge in [0.05, 0.1) is 18.6 Å². The van der Waals surface area contributed by atoms with E-state index in [1.54, 1.807) is 24.0 Å². The largest absolute Gasteiger partial charge is 0.463 e. The molecule has 0 unspecified atom stereocenters. The van der Waals surface area contributed by atoms with E-state index in [0.29, 0.717) is 19.4 Å². The molecule has 1 heterocycles. The summed E-state index contributed by atoms with van der Waals surface area (Å²) < 4.78 is 5.29. The third-order valence-electron chi connectivity index (χ3n) is 4.56. The van der Waals surface area contributed by atoms with Crippen molar-refractivity contribution in [1.82, 2.24) is 10.2 Å². The number of carbonyl (C=O) groups excluding carboxylic acids is 3. The number of allylic oxidation sites excluding steroid dienone is 2. The van der Waals surface area contributed by atoms with Crippen molar-refractivity contribution in [2.24, 2.45) is 5.92 Å². The summed E-state index contributed by atoms with van der Waals surface area (Å²) in [4.78, 5) is 38.5. The number of esters is 1. The summed E-state index contributed by atoms with van der Waals surface area (Å²) in [5.41, 5.74) is 0. The number of hydrogen-bond acceptors (Lipinski definition) is 5. The molecule has 0 bridgehead atoms. The van der Waals surface area contributed by atoms with E-state index in [2.05, 4.69) is 18.5 Å². The lowest BCUT2D eigenvalue weighted by atomic mass is 9.98. The minimum absolute atomic E-state index is 0.0392. The van der Waals surface area contributed by atoms with E-state index in [-0.39, 0.29) is 55.9 Å². The molecule has 0 aromatic heterocycles. The molecule has 0 aromatic carbocycles. The molecule has 0 spiro atoms. The highest BCUT2D eigenvalue weighted by molar-refractivity contribution is 5.86. The summed E-state index contributed by atoms with van der Waals surface area (Å²) >= 11 is 0. The van der Waals surface area contributed by atoms with Gasteiger partial charge in [-0.25, -0.2) is 0 Å². The fourth-order valence-electron chi connectivity index (χ4n) is 3.09.